The lowest BCUT2D eigenvalue weighted by molar-refractivity contribution is 0.210. The van der Waals surface area contributed by atoms with Gasteiger partial charge in [-0.2, -0.15) is 0 Å². The molecule has 1 aromatic carbocycles. The molecule has 0 saturated carbocycles. The molecule has 0 unspecified atom stereocenters. The molecule has 0 saturated heterocycles. The maximum atomic E-state index is 10.3. The summed E-state index contributed by atoms with van der Waals surface area (Å²) in [5, 5.41) is 23.2. The van der Waals surface area contributed by atoms with Gasteiger partial charge in [-0.05, 0) is 12.1 Å². The van der Waals surface area contributed by atoms with Crippen LogP contribution in [0.15, 0.2) is 29.4 Å². The summed E-state index contributed by atoms with van der Waals surface area (Å²) in [4.78, 5) is 10.3. The van der Waals surface area contributed by atoms with Crippen LogP contribution in [-0.2, 0) is 0 Å². The Morgan fingerprint density at radius 3 is 2.86 bits per heavy atom. The monoisotopic (exact) mass is 194 g/mol. The highest BCUT2D eigenvalue weighted by Crippen LogP contribution is 2.10. The fourth-order valence-corrected chi connectivity index (χ4v) is 0.932. The van der Waals surface area contributed by atoms with Crippen LogP contribution >= 0.6 is 0 Å². The average molecular weight is 194 g/mol. The van der Waals surface area contributed by atoms with Gasteiger partial charge in [0, 0.05) is 11.3 Å². The standard InChI is InChI=1S/C8H9N3O3/c9-7(11-14)5-2-1-3-6(4-5)10-8(12)13/h1-4,10,14H,(H2,9,11)(H,12,13)/p-1. The Morgan fingerprint density at radius 2 is 2.29 bits per heavy atom. The normalized spacial score (nSPS) is 11.0. The molecule has 0 aromatic heterocycles. The van der Waals surface area contributed by atoms with Crippen molar-refractivity contribution in [2.45, 2.75) is 0 Å². The third kappa shape index (κ3) is 2.37. The van der Waals surface area contributed by atoms with Gasteiger partial charge < -0.3 is 21.2 Å². The summed E-state index contributed by atoms with van der Waals surface area (Å²) >= 11 is 0. The van der Waals surface area contributed by atoms with Gasteiger partial charge >= 0.3 is 6.09 Å². The first kappa shape index (κ1) is 9.85. The van der Waals surface area contributed by atoms with Gasteiger partial charge in [0.05, 0.1) is 0 Å². The molecule has 0 fully saturated rings. The largest absolute Gasteiger partial charge is 0.790 e. The van der Waals surface area contributed by atoms with E-state index in [0.717, 1.165) is 0 Å². The number of nitrogens with zero attached hydrogens (tertiary/aromatic N) is 1. The molecule has 0 spiro atoms. The molecule has 6 heteroatoms. The summed E-state index contributed by atoms with van der Waals surface area (Å²) in [6.07, 6.45) is -1.18. The predicted molar refractivity (Wildman–Crippen MR) is 52.2 cm³/mol. The maximum absolute atomic E-state index is 10.3. The summed E-state index contributed by atoms with van der Waals surface area (Å²) in [6.45, 7) is 0. The van der Waals surface area contributed by atoms with Crippen LogP contribution in [0.25, 0.3) is 0 Å². The van der Waals surface area contributed by atoms with E-state index in [-0.39, 0.29) is 5.84 Å². The van der Waals surface area contributed by atoms with Crippen LogP contribution in [-0.4, -0.2) is 17.0 Å². The number of hydrogen-bond donors (Lipinski definition) is 3. The molecule has 0 aliphatic rings. The van der Waals surface area contributed by atoms with Crippen molar-refractivity contribution >= 4 is 17.6 Å². The molecule has 0 aliphatic heterocycles. The molecular formula is C8H8N3O3-. The summed E-state index contributed by atoms with van der Waals surface area (Å²) < 4.78 is 0. The van der Waals surface area contributed by atoms with E-state index in [0.29, 0.717) is 11.3 Å². The number of nitrogens with two attached hydrogens (primary N) is 1. The molecule has 0 atom stereocenters. The molecule has 14 heavy (non-hydrogen) atoms. The van der Waals surface area contributed by atoms with Gasteiger partial charge in [-0.15, -0.1) is 0 Å². The zero-order valence-electron chi connectivity index (χ0n) is 7.10. The van der Waals surface area contributed by atoms with Crippen molar-refractivity contribution in [3.05, 3.63) is 35.0 Å². The van der Waals surface area contributed by atoms with Crippen molar-refractivity contribution in [3.63, 3.8) is 0 Å². The minimum Gasteiger partial charge on any atom is -0.790 e. The second-order valence-electron chi connectivity index (χ2n) is 2.49. The SMILES string of the molecule is N/C(=N/[O-])c1cccc(NC(=O)O)c1. The summed E-state index contributed by atoms with van der Waals surface area (Å²) in [6, 6.07) is 6.09. The first-order valence-corrected chi connectivity index (χ1v) is 3.69. The summed E-state index contributed by atoms with van der Waals surface area (Å²) in [7, 11) is 0. The second kappa shape index (κ2) is 4.13. The number of amides is 1. The lowest BCUT2D eigenvalue weighted by Crippen LogP contribution is -2.13. The van der Waals surface area contributed by atoms with Gasteiger partial charge in [0.1, 0.15) is 5.84 Å². The Bertz CT molecular complexity index is 376. The molecule has 1 amide bonds. The van der Waals surface area contributed by atoms with Crippen molar-refractivity contribution in [1.29, 1.82) is 0 Å². The summed E-state index contributed by atoms with van der Waals surface area (Å²) in [5.41, 5.74) is 5.97. The van der Waals surface area contributed by atoms with Crippen molar-refractivity contribution in [2.75, 3.05) is 5.32 Å². The van der Waals surface area contributed by atoms with Crippen LogP contribution in [0.3, 0.4) is 0 Å². The number of amidine groups is 1. The van der Waals surface area contributed by atoms with E-state index in [1.54, 1.807) is 12.1 Å². The van der Waals surface area contributed by atoms with Gasteiger partial charge in [-0.25, -0.2) is 4.79 Å². The Morgan fingerprint density at radius 1 is 1.57 bits per heavy atom. The topological polar surface area (TPSA) is 111 Å². The van der Waals surface area contributed by atoms with Crippen LogP contribution in [0.4, 0.5) is 10.5 Å². The predicted octanol–water partition coefficient (Wildman–Crippen LogP) is 0.980. The van der Waals surface area contributed by atoms with Crippen LogP contribution < -0.4 is 11.1 Å². The molecule has 0 heterocycles. The van der Waals surface area contributed by atoms with Gasteiger partial charge in [0.25, 0.3) is 0 Å². The van der Waals surface area contributed by atoms with E-state index < -0.39 is 6.09 Å². The Kier molecular flexibility index (Phi) is 2.90. The molecule has 1 aromatic rings. The number of carbonyl (C=O) groups is 1. The second-order valence-corrected chi connectivity index (χ2v) is 2.49. The number of rotatable bonds is 2. The minimum atomic E-state index is -1.18. The van der Waals surface area contributed by atoms with Crippen molar-refractivity contribution in [2.24, 2.45) is 10.9 Å². The fourth-order valence-electron chi connectivity index (χ4n) is 0.932. The Labute approximate surface area is 79.7 Å². The smallest absolute Gasteiger partial charge is 0.409 e. The lowest BCUT2D eigenvalue weighted by atomic mass is 10.2. The maximum Gasteiger partial charge on any atom is 0.409 e. The fraction of sp³-hybridized carbons (Fsp3) is 0. The molecule has 0 bridgehead atoms. The highest BCUT2D eigenvalue weighted by atomic mass is 16.4. The number of carboxylic acid groups (broad SMARTS) is 1. The lowest BCUT2D eigenvalue weighted by Gasteiger charge is -2.05. The molecule has 4 N–H and O–H groups in total. The van der Waals surface area contributed by atoms with Crippen LogP contribution in [0.1, 0.15) is 5.56 Å². The van der Waals surface area contributed by atoms with Crippen LogP contribution in [0, 0.1) is 5.21 Å². The molecule has 1 rings (SSSR count). The molecule has 6 nitrogen and oxygen atoms in total. The number of anilines is 1. The summed E-state index contributed by atoms with van der Waals surface area (Å²) in [5.74, 6) is -0.181. The number of hydrogen-bond acceptors (Lipinski definition) is 3. The van der Waals surface area contributed by atoms with Crippen molar-refractivity contribution in [1.82, 2.24) is 0 Å². The van der Waals surface area contributed by atoms with Crippen LogP contribution in [0.2, 0.25) is 0 Å². The van der Waals surface area contributed by atoms with Crippen molar-refractivity contribution in [3.8, 4) is 0 Å². The first-order chi connectivity index (χ1) is 6.63. The quantitative estimate of drug-likeness (QED) is 0.370. The molecular weight excluding hydrogens is 186 g/mol. The third-order valence-electron chi connectivity index (χ3n) is 1.51. The van der Waals surface area contributed by atoms with Gasteiger partial charge in [-0.3, -0.25) is 5.32 Å². The highest BCUT2D eigenvalue weighted by molar-refractivity contribution is 5.99. The zero-order chi connectivity index (χ0) is 10.6. The van der Waals surface area contributed by atoms with E-state index in [9.17, 15) is 10.0 Å². The Hall–Kier alpha value is -2.24. The van der Waals surface area contributed by atoms with Gasteiger partial charge in [0.15, 0.2) is 0 Å². The van der Waals surface area contributed by atoms with Gasteiger partial charge in [0.2, 0.25) is 0 Å². The van der Waals surface area contributed by atoms with Gasteiger partial charge in [-0.1, -0.05) is 12.1 Å². The molecule has 0 radical (unpaired) electrons. The minimum absolute atomic E-state index is 0.181. The highest BCUT2D eigenvalue weighted by Gasteiger charge is 2.00. The van der Waals surface area contributed by atoms with E-state index in [1.165, 1.54) is 12.1 Å². The van der Waals surface area contributed by atoms with Crippen LogP contribution in [0.5, 0.6) is 0 Å². The first-order valence-electron chi connectivity index (χ1n) is 3.69. The van der Waals surface area contributed by atoms with E-state index in [4.69, 9.17) is 10.8 Å². The van der Waals surface area contributed by atoms with E-state index in [2.05, 4.69) is 10.5 Å². The number of benzene rings is 1. The zero-order valence-corrected chi connectivity index (χ0v) is 7.10. The number of nitrogens with one attached hydrogen (secondary N) is 1. The molecule has 74 valence electrons. The Balaban J connectivity index is 2.95. The third-order valence-corrected chi connectivity index (χ3v) is 1.51. The molecule has 0 aliphatic carbocycles. The van der Waals surface area contributed by atoms with Crippen molar-refractivity contribution < 1.29 is 9.90 Å². The van der Waals surface area contributed by atoms with E-state index >= 15 is 0 Å². The average Bonchev–Trinajstić information content (AvgIpc) is 2.16. The van der Waals surface area contributed by atoms with E-state index in [1.807, 2.05) is 0 Å².